The van der Waals surface area contributed by atoms with E-state index in [1.54, 1.807) is 11.3 Å². The Hall–Kier alpha value is -0.410. The maximum Gasteiger partial charge on any atom is 0.113 e. The van der Waals surface area contributed by atoms with E-state index in [2.05, 4.69) is 36.6 Å². The van der Waals surface area contributed by atoms with E-state index in [4.69, 9.17) is 0 Å². The Morgan fingerprint density at radius 1 is 1.53 bits per heavy atom. The maximum absolute atomic E-state index is 4.52. The minimum atomic E-state index is 0.131. The Bertz CT molecular complexity index is 309. The normalized spacial score (nSPS) is 36.7. The van der Waals surface area contributed by atoms with Crippen LogP contribution >= 0.6 is 11.3 Å². The van der Waals surface area contributed by atoms with Crippen LogP contribution in [0, 0.1) is 11.8 Å². The summed E-state index contributed by atoms with van der Waals surface area (Å²) in [6.07, 6.45) is 5.81. The van der Waals surface area contributed by atoms with E-state index in [0.717, 1.165) is 5.92 Å². The number of rotatable bonds is 2. The number of nitrogens with zero attached hydrogens (tertiary/aromatic N) is 1. The van der Waals surface area contributed by atoms with E-state index < -0.39 is 0 Å². The van der Waals surface area contributed by atoms with Crippen molar-refractivity contribution in [3.05, 3.63) is 16.6 Å². The van der Waals surface area contributed by atoms with Gasteiger partial charge in [0.25, 0.3) is 0 Å². The quantitative estimate of drug-likeness (QED) is 0.835. The van der Waals surface area contributed by atoms with Crippen molar-refractivity contribution < 1.29 is 0 Å². The van der Waals surface area contributed by atoms with E-state index >= 15 is 0 Å². The van der Waals surface area contributed by atoms with Gasteiger partial charge in [-0.1, -0.05) is 26.7 Å². The summed E-state index contributed by atoms with van der Waals surface area (Å²) in [5, 5.41) is 6.90. The molecule has 3 atom stereocenters. The number of hydrogen-bond acceptors (Lipinski definition) is 3. The van der Waals surface area contributed by atoms with E-state index in [-0.39, 0.29) is 5.54 Å². The van der Waals surface area contributed by atoms with Crippen LogP contribution in [0.3, 0.4) is 0 Å². The molecule has 0 radical (unpaired) electrons. The molecule has 15 heavy (non-hydrogen) atoms. The Morgan fingerprint density at radius 3 is 2.93 bits per heavy atom. The van der Waals surface area contributed by atoms with Gasteiger partial charge in [-0.05, 0) is 25.3 Å². The molecule has 84 valence electrons. The highest BCUT2D eigenvalue weighted by Crippen LogP contribution is 2.44. The van der Waals surface area contributed by atoms with Gasteiger partial charge in [0.2, 0.25) is 0 Å². The fourth-order valence-corrected chi connectivity index (χ4v) is 3.84. The Balaban J connectivity index is 2.35. The molecule has 0 aliphatic heterocycles. The molecule has 2 nitrogen and oxygen atoms in total. The predicted molar refractivity (Wildman–Crippen MR) is 65.0 cm³/mol. The third kappa shape index (κ3) is 1.72. The fraction of sp³-hybridized carbons (Fsp3) is 0.750. The van der Waals surface area contributed by atoms with Crippen molar-refractivity contribution in [3.8, 4) is 0 Å². The minimum Gasteiger partial charge on any atom is -0.308 e. The first-order chi connectivity index (χ1) is 7.20. The smallest absolute Gasteiger partial charge is 0.113 e. The lowest BCUT2D eigenvalue weighted by atomic mass is 9.68. The zero-order valence-electron chi connectivity index (χ0n) is 9.79. The second-order valence-electron chi connectivity index (χ2n) is 4.72. The van der Waals surface area contributed by atoms with Crippen LogP contribution in [-0.4, -0.2) is 12.0 Å². The minimum absolute atomic E-state index is 0.131. The molecule has 0 aromatic carbocycles. The Kier molecular flexibility index (Phi) is 3.12. The first kappa shape index (κ1) is 11.1. The largest absolute Gasteiger partial charge is 0.308 e. The Labute approximate surface area is 96.1 Å². The van der Waals surface area contributed by atoms with Crippen LogP contribution < -0.4 is 5.32 Å². The first-order valence-electron chi connectivity index (χ1n) is 5.79. The molecule has 0 amide bonds. The summed E-state index contributed by atoms with van der Waals surface area (Å²) in [6, 6.07) is 0. The van der Waals surface area contributed by atoms with Gasteiger partial charge in [0.05, 0.1) is 5.54 Å². The average Bonchev–Trinajstić information content (AvgIpc) is 2.76. The summed E-state index contributed by atoms with van der Waals surface area (Å²) in [5.41, 5.74) is 0.131. The summed E-state index contributed by atoms with van der Waals surface area (Å²) in [6.45, 7) is 4.73. The molecule has 0 spiro atoms. The monoisotopic (exact) mass is 224 g/mol. The van der Waals surface area contributed by atoms with Gasteiger partial charge in [0.1, 0.15) is 5.01 Å². The SMILES string of the molecule is CNC1(c2nccs2)CCCC(C)C1C. The molecule has 2 rings (SSSR count). The number of thiazole rings is 1. The molecule has 3 unspecified atom stereocenters. The molecule has 1 aliphatic carbocycles. The lowest BCUT2D eigenvalue weighted by molar-refractivity contribution is 0.112. The summed E-state index contributed by atoms with van der Waals surface area (Å²) >= 11 is 1.79. The van der Waals surface area contributed by atoms with Crippen LogP contribution in [-0.2, 0) is 5.54 Å². The number of hydrogen-bond donors (Lipinski definition) is 1. The van der Waals surface area contributed by atoms with E-state index in [0.29, 0.717) is 5.92 Å². The highest BCUT2D eigenvalue weighted by atomic mass is 32.1. The third-order valence-electron chi connectivity index (χ3n) is 4.12. The zero-order chi connectivity index (χ0) is 10.9. The topological polar surface area (TPSA) is 24.9 Å². The zero-order valence-corrected chi connectivity index (χ0v) is 10.6. The lowest BCUT2D eigenvalue weighted by Crippen LogP contribution is -2.50. The van der Waals surface area contributed by atoms with Crippen LogP contribution in [0.1, 0.15) is 38.1 Å². The molecule has 1 aromatic rings. The molecule has 1 N–H and O–H groups in total. The molecule has 1 fully saturated rings. The van der Waals surface area contributed by atoms with Gasteiger partial charge in [0.15, 0.2) is 0 Å². The molecule has 0 bridgehead atoms. The lowest BCUT2D eigenvalue weighted by Gasteiger charge is -2.44. The summed E-state index contributed by atoms with van der Waals surface area (Å²) < 4.78 is 0. The van der Waals surface area contributed by atoms with E-state index in [1.807, 2.05) is 6.20 Å². The molecule has 1 aromatic heterocycles. The first-order valence-corrected chi connectivity index (χ1v) is 6.67. The molecule has 1 heterocycles. The third-order valence-corrected chi connectivity index (χ3v) is 5.07. The number of aromatic nitrogens is 1. The molecule has 1 aliphatic rings. The van der Waals surface area contributed by atoms with Crippen molar-refractivity contribution >= 4 is 11.3 Å². The van der Waals surface area contributed by atoms with Gasteiger partial charge in [-0.3, -0.25) is 0 Å². The van der Waals surface area contributed by atoms with Crippen LogP contribution in [0.4, 0.5) is 0 Å². The second-order valence-corrected chi connectivity index (χ2v) is 5.61. The summed E-state index contributed by atoms with van der Waals surface area (Å²) in [7, 11) is 2.08. The molecule has 3 heteroatoms. The van der Waals surface area contributed by atoms with Crippen LogP contribution in [0.5, 0.6) is 0 Å². The molecular weight excluding hydrogens is 204 g/mol. The highest BCUT2D eigenvalue weighted by Gasteiger charge is 2.43. The van der Waals surface area contributed by atoms with Gasteiger partial charge in [-0.2, -0.15) is 0 Å². The summed E-state index contributed by atoms with van der Waals surface area (Å²) in [5.74, 6) is 1.46. The standard InChI is InChI=1S/C12H20N2S/c1-9-5-4-6-12(13-3,10(9)2)11-14-7-8-15-11/h7-10,13H,4-6H2,1-3H3. The van der Waals surface area contributed by atoms with Crippen molar-refractivity contribution in [1.82, 2.24) is 10.3 Å². The van der Waals surface area contributed by atoms with Crippen molar-refractivity contribution in [2.24, 2.45) is 11.8 Å². The van der Waals surface area contributed by atoms with Gasteiger partial charge in [0, 0.05) is 11.6 Å². The van der Waals surface area contributed by atoms with Gasteiger partial charge < -0.3 is 5.32 Å². The van der Waals surface area contributed by atoms with Crippen LogP contribution in [0.2, 0.25) is 0 Å². The van der Waals surface area contributed by atoms with Crippen molar-refractivity contribution in [2.45, 2.75) is 38.6 Å². The second kappa shape index (κ2) is 4.22. The van der Waals surface area contributed by atoms with E-state index in [9.17, 15) is 0 Å². The van der Waals surface area contributed by atoms with Crippen molar-refractivity contribution in [1.29, 1.82) is 0 Å². The number of nitrogens with one attached hydrogen (secondary N) is 1. The Morgan fingerprint density at radius 2 is 2.33 bits per heavy atom. The van der Waals surface area contributed by atoms with Gasteiger partial charge >= 0.3 is 0 Å². The molecular formula is C12H20N2S. The molecule has 0 saturated heterocycles. The molecule has 1 saturated carbocycles. The average molecular weight is 224 g/mol. The van der Waals surface area contributed by atoms with E-state index in [1.165, 1.54) is 24.3 Å². The van der Waals surface area contributed by atoms with Crippen LogP contribution in [0.15, 0.2) is 11.6 Å². The highest BCUT2D eigenvalue weighted by molar-refractivity contribution is 7.09. The van der Waals surface area contributed by atoms with Gasteiger partial charge in [-0.25, -0.2) is 4.98 Å². The fourth-order valence-electron chi connectivity index (χ4n) is 2.87. The van der Waals surface area contributed by atoms with Crippen molar-refractivity contribution in [3.63, 3.8) is 0 Å². The predicted octanol–water partition coefficient (Wildman–Crippen LogP) is 3.01. The van der Waals surface area contributed by atoms with Gasteiger partial charge in [-0.15, -0.1) is 11.3 Å². The summed E-state index contributed by atoms with van der Waals surface area (Å²) in [4.78, 5) is 4.52. The van der Waals surface area contributed by atoms with Crippen LogP contribution in [0.25, 0.3) is 0 Å². The van der Waals surface area contributed by atoms with Crippen molar-refractivity contribution in [2.75, 3.05) is 7.05 Å². The maximum atomic E-state index is 4.52.